The maximum atomic E-state index is 13.2. The van der Waals surface area contributed by atoms with Gasteiger partial charge in [0.1, 0.15) is 6.10 Å². The van der Waals surface area contributed by atoms with Gasteiger partial charge in [-0.2, -0.15) is 4.31 Å². The van der Waals surface area contributed by atoms with Crippen molar-refractivity contribution in [3.63, 3.8) is 0 Å². The number of hydrogen-bond donors (Lipinski definition) is 1. The summed E-state index contributed by atoms with van der Waals surface area (Å²) < 4.78 is 33.4. The Morgan fingerprint density at radius 2 is 1.41 bits per heavy atom. The molecule has 0 saturated heterocycles. The van der Waals surface area contributed by atoms with Crippen LogP contribution >= 0.6 is 0 Å². The maximum Gasteiger partial charge on any atom is 0.412 e. The molecule has 0 aliphatic heterocycles. The summed E-state index contributed by atoms with van der Waals surface area (Å²) in [5, 5.41) is 2.71. The van der Waals surface area contributed by atoms with Crippen LogP contribution in [0.4, 0.5) is 10.5 Å². The third kappa shape index (κ3) is 5.55. The third-order valence-corrected chi connectivity index (χ3v) is 7.33. The molecule has 3 aromatic carbocycles. The molecule has 32 heavy (non-hydrogen) atoms. The molecule has 0 aromatic heterocycles. The van der Waals surface area contributed by atoms with Crippen molar-refractivity contribution in [1.82, 2.24) is 4.31 Å². The van der Waals surface area contributed by atoms with E-state index in [0.29, 0.717) is 11.3 Å². The zero-order valence-corrected chi connectivity index (χ0v) is 19.5. The summed E-state index contributed by atoms with van der Waals surface area (Å²) in [6.07, 6.45) is -1.47. The van der Waals surface area contributed by atoms with Crippen molar-refractivity contribution < 1.29 is 17.9 Å². The SMILES string of the molecule is Cc1ccc(NC(=O)O[C@H](c2ccccc2)[C@H](C)N(C)S(=O)(=O)c2ccc(C)cc2)cc1. The second-order valence-corrected chi connectivity index (χ2v) is 9.80. The Balaban J connectivity index is 1.85. The molecule has 1 N–H and O–H groups in total. The van der Waals surface area contributed by atoms with Crippen LogP contribution < -0.4 is 5.32 Å². The normalized spacial score (nSPS) is 13.4. The molecule has 3 aromatic rings. The Labute approximate surface area is 189 Å². The van der Waals surface area contributed by atoms with Crippen LogP contribution in [0.3, 0.4) is 0 Å². The zero-order valence-electron chi connectivity index (χ0n) is 18.6. The van der Waals surface area contributed by atoms with E-state index in [1.54, 1.807) is 43.3 Å². The predicted octanol–water partition coefficient (Wildman–Crippen LogP) is 5.30. The molecule has 0 radical (unpaired) electrons. The van der Waals surface area contributed by atoms with E-state index in [4.69, 9.17) is 4.74 Å². The minimum Gasteiger partial charge on any atom is -0.439 e. The second kappa shape index (κ2) is 9.97. The van der Waals surface area contributed by atoms with Gasteiger partial charge in [0, 0.05) is 12.7 Å². The molecule has 0 aliphatic carbocycles. The number of carbonyl (C=O) groups is 1. The molecule has 7 heteroatoms. The molecule has 3 rings (SSSR count). The van der Waals surface area contributed by atoms with Crippen molar-refractivity contribution in [2.75, 3.05) is 12.4 Å². The van der Waals surface area contributed by atoms with E-state index in [0.717, 1.165) is 11.1 Å². The van der Waals surface area contributed by atoms with Gasteiger partial charge in [0.2, 0.25) is 10.0 Å². The summed E-state index contributed by atoms with van der Waals surface area (Å²) in [6, 6.07) is 22.5. The van der Waals surface area contributed by atoms with Crippen LogP contribution in [0.25, 0.3) is 0 Å². The highest BCUT2D eigenvalue weighted by molar-refractivity contribution is 7.89. The Hall–Kier alpha value is -3.16. The van der Waals surface area contributed by atoms with Gasteiger partial charge in [0.15, 0.2) is 0 Å². The van der Waals surface area contributed by atoms with Crippen LogP contribution in [0.2, 0.25) is 0 Å². The fraction of sp³-hybridized carbons (Fsp3) is 0.240. The highest BCUT2D eigenvalue weighted by Gasteiger charge is 2.33. The first-order chi connectivity index (χ1) is 15.2. The monoisotopic (exact) mass is 452 g/mol. The summed E-state index contributed by atoms with van der Waals surface area (Å²) in [4.78, 5) is 12.9. The van der Waals surface area contributed by atoms with Crippen molar-refractivity contribution in [1.29, 1.82) is 0 Å². The molecule has 168 valence electrons. The number of aryl methyl sites for hydroxylation is 2. The molecule has 2 atom stereocenters. The summed E-state index contributed by atoms with van der Waals surface area (Å²) in [7, 11) is -2.29. The van der Waals surface area contributed by atoms with E-state index in [1.807, 2.05) is 56.3 Å². The topological polar surface area (TPSA) is 75.7 Å². The zero-order chi connectivity index (χ0) is 23.3. The number of rotatable bonds is 7. The van der Waals surface area contributed by atoms with E-state index in [1.165, 1.54) is 11.4 Å². The predicted molar refractivity (Wildman–Crippen MR) is 126 cm³/mol. The van der Waals surface area contributed by atoms with Crippen LogP contribution in [0.5, 0.6) is 0 Å². The molecule has 0 heterocycles. The number of anilines is 1. The van der Waals surface area contributed by atoms with Crippen molar-refractivity contribution in [2.24, 2.45) is 0 Å². The van der Waals surface area contributed by atoms with Gasteiger partial charge in [-0.3, -0.25) is 5.32 Å². The first kappa shape index (κ1) is 23.5. The lowest BCUT2D eigenvalue weighted by Gasteiger charge is -2.31. The Morgan fingerprint density at radius 1 is 0.875 bits per heavy atom. The van der Waals surface area contributed by atoms with Gasteiger partial charge in [-0.25, -0.2) is 13.2 Å². The largest absolute Gasteiger partial charge is 0.439 e. The lowest BCUT2D eigenvalue weighted by Crippen LogP contribution is -2.40. The van der Waals surface area contributed by atoms with Gasteiger partial charge < -0.3 is 4.74 Å². The molecule has 1 amide bonds. The maximum absolute atomic E-state index is 13.2. The van der Waals surface area contributed by atoms with E-state index in [2.05, 4.69) is 5.32 Å². The first-order valence-electron chi connectivity index (χ1n) is 10.3. The van der Waals surface area contributed by atoms with Gasteiger partial charge in [-0.1, -0.05) is 65.7 Å². The molecule has 0 fully saturated rings. The molecular weight excluding hydrogens is 424 g/mol. The average Bonchev–Trinajstić information content (AvgIpc) is 2.79. The molecule has 0 aliphatic rings. The fourth-order valence-corrected chi connectivity index (χ4v) is 4.63. The highest BCUT2D eigenvalue weighted by atomic mass is 32.2. The third-order valence-electron chi connectivity index (χ3n) is 5.37. The molecule has 0 bridgehead atoms. The van der Waals surface area contributed by atoms with Gasteiger partial charge in [0.25, 0.3) is 0 Å². The Morgan fingerprint density at radius 3 is 1.97 bits per heavy atom. The number of benzene rings is 3. The average molecular weight is 453 g/mol. The number of amides is 1. The lowest BCUT2D eigenvalue weighted by atomic mass is 10.0. The van der Waals surface area contributed by atoms with Crippen molar-refractivity contribution >= 4 is 21.8 Å². The summed E-state index contributed by atoms with van der Waals surface area (Å²) in [6.45, 7) is 5.58. The minimum atomic E-state index is -3.79. The van der Waals surface area contributed by atoms with Crippen molar-refractivity contribution in [2.45, 2.75) is 37.8 Å². The number of likely N-dealkylation sites (N-methyl/N-ethyl adjacent to an activating group) is 1. The highest BCUT2D eigenvalue weighted by Crippen LogP contribution is 2.29. The van der Waals surface area contributed by atoms with Crippen molar-refractivity contribution in [3.8, 4) is 0 Å². The van der Waals surface area contributed by atoms with E-state index in [-0.39, 0.29) is 4.90 Å². The Kier molecular flexibility index (Phi) is 7.33. The molecule has 0 saturated carbocycles. The molecule has 0 spiro atoms. The summed E-state index contributed by atoms with van der Waals surface area (Å²) in [5.74, 6) is 0. The number of nitrogens with zero attached hydrogens (tertiary/aromatic N) is 1. The van der Waals surface area contributed by atoms with Crippen LogP contribution in [0.15, 0.2) is 83.8 Å². The van der Waals surface area contributed by atoms with Gasteiger partial charge >= 0.3 is 6.09 Å². The van der Waals surface area contributed by atoms with E-state index >= 15 is 0 Å². The number of carbonyl (C=O) groups excluding carboxylic acids is 1. The standard InChI is InChI=1S/C25H28N2O4S/c1-18-10-14-22(15-11-18)26-25(28)31-24(21-8-6-5-7-9-21)20(3)27(4)32(29,30)23-16-12-19(2)13-17-23/h5-17,20,24H,1-4H3,(H,26,28)/t20-,24-/m0/s1. The number of hydrogen-bond acceptors (Lipinski definition) is 4. The lowest BCUT2D eigenvalue weighted by molar-refractivity contribution is 0.0724. The van der Waals surface area contributed by atoms with Crippen LogP contribution in [0.1, 0.15) is 29.7 Å². The molecule has 0 unspecified atom stereocenters. The van der Waals surface area contributed by atoms with Gasteiger partial charge in [-0.15, -0.1) is 0 Å². The smallest absolute Gasteiger partial charge is 0.412 e. The van der Waals surface area contributed by atoms with E-state index in [9.17, 15) is 13.2 Å². The first-order valence-corrected chi connectivity index (χ1v) is 11.8. The second-order valence-electron chi connectivity index (χ2n) is 7.80. The Bertz CT molecular complexity index is 1140. The van der Waals surface area contributed by atoms with Crippen LogP contribution in [-0.4, -0.2) is 31.9 Å². The molecule has 6 nitrogen and oxygen atoms in total. The summed E-state index contributed by atoms with van der Waals surface area (Å²) in [5.41, 5.74) is 3.34. The summed E-state index contributed by atoms with van der Waals surface area (Å²) >= 11 is 0. The van der Waals surface area contributed by atoms with E-state index < -0.39 is 28.3 Å². The number of nitrogens with one attached hydrogen (secondary N) is 1. The van der Waals surface area contributed by atoms with Crippen LogP contribution in [-0.2, 0) is 14.8 Å². The van der Waals surface area contributed by atoms with Crippen molar-refractivity contribution in [3.05, 3.63) is 95.6 Å². The van der Waals surface area contributed by atoms with Crippen LogP contribution in [0, 0.1) is 13.8 Å². The minimum absolute atomic E-state index is 0.188. The number of sulfonamides is 1. The molecular formula is C25H28N2O4S. The van der Waals surface area contributed by atoms with Gasteiger partial charge in [0.05, 0.1) is 10.9 Å². The quantitative estimate of drug-likeness (QED) is 0.528. The number of ether oxygens (including phenoxy) is 1. The van der Waals surface area contributed by atoms with Gasteiger partial charge in [-0.05, 0) is 50.6 Å². The fourth-order valence-electron chi connectivity index (χ4n) is 3.27.